The van der Waals surface area contributed by atoms with Crippen molar-refractivity contribution in [2.75, 3.05) is 0 Å². The molecular weight excluding hydrogens is 432 g/mol. The zero-order valence-electron chi connectivity index (χ0n) is 22.1. The molecule has 0 heterocycles. The standard InChI is InChI=1S/C36H32/c1-21-15-27(16-22(2)25(21)5)34-19-29-20-35(28-17-23(3)26(6)24(4)18-28)31-12-8-10-14-33(31)36(29)32-13-9-7-11-30(32)34/h7-20H,1-6H3. The predicted molar refractivity (Wildman–Crippen MR) is 158 cm³/mol. The number of fused-ring (bicyclic) bond motifs is 5. The summed E-state index contributed by atoms with van der Waals surface area (Å²) >= 11 is 0. The summed E-state index contributed by atoms with van der Waals surface area (Å²) in [6, 6.07) is 32.1. The van der Waals surface area contributed by atoms with Crippen LogP contribution in [0.25, 0.3) is 54.6 Å². The Morgan fingerprint density at radius 3 is 1.08 bits per heavy atom. The first-order valence-electron chi connectivity index (χ1n) is 12.9. The van der Waals surface area contributed by atoms with E-state index in [4.69, 9.17) is 0 Å². The van der Waals surface area contributed by atoms with Crippen LogP contribution in [-0.2, 0) is 0 Å². The van der Waals surface area contributed by atoms with E-state index in [1.54, 1.807) is 0 Å². The van der Waals surface area contributed by atoms with Crippen LogP contribution in [0.3, 0.4) is 0 Å². The van der Waals surface area contributed by atoms with Crippen LogP contribution in [0.15, 0.2) is 84.9 Å². The van der Waals surface area contributed by atoms with Crippen molar-refractivity contribution in [1.82, 2.24) is 0 Å². The third-order valence-corrected chi connectivity index (χ3v) is 8.34. The first-order valence-corrected chi connectivity index (χ1v) is 12.9. The Kier molecular flexibility index (Phi) is 5.23. The average Bonchev–Trinajstić information content (AvgIpc) is 2.88. The van der Waals surface area contributed by atoms with Crippen LogP contribution < -0.4 is 0 Å². The summed E-state index contributed by atoms with van der Waals surface area (Å²) in [5.41, 5.74) is 13.3. The summed E-state index contributed by atoms with van der Waals surface area (Å²) in [4.78, 5) is 0. The van der Waals surface area contributed by atoms with Crippen LogP contribution in [-0.4, -0.2) is 0 Å². The minimum atomic E-state index is 1.30. The Morgan fingerprint density at radius 2 is 0.722 bits per heavy atom. The molecule has 0 saturated carbocycles. The Hall–Kier alpha value is -3.90. The third-order valence-electron chi connectivity index (χ3n) is 8.34. The summed E-state index contributed by atoms with van der Waals surface area (Å²) in [6.07, 6.45) is 0. The minimum absolute atomic E-state index is 1.30. The predicted octanol–water partition coefficient (Wildman–Crippen LogP) is 10.3. The van der Waals surface area contributed by atoms with Crippen LogP contribution in [0.1, 0.15) is 33.4 Å². The van der Waals surface area contributed by atoms with Crippen LogP contribution >= 0.6 is 0 Å². The highest BCUT2D eigenvalue weighted by molar-refractivity contribution is 6.25. The molecule has 0 radical (unpaired) electrons. The van der Waals surface area contributed by atoms with Gasteiger partial charge in [-0.05, 0) is 142 Å². The summed E-state index contributed by atoms with van der Waals surface area (Å²) in [6.45, 7) is 13.3. The fraction of sp³-hybridized carbons (Fsp3) is 0.167. The second-order valence-electron chi connectivity index (χ2n) is 10.5. The molecule has 6 rings (SSSR count). The van der Waals surface area contributed by atoms with E-state index >= 15 is 0 Å². The van der Waals surface area contributed by atoms with Gasteiger partial charge in [-0.15, -0.1) is 0 Å². The molecule has 0 aliphatic carbocycles. The molecule has 0 spiro atoms. The van der Waals surface area contributed by atoms with Gasteiger partial charge < -0.3 is 0 Å². The molecule has 0 amide bonds. The molecule has 0 aromatic heterocycles. The molecule has 0 N–H and O–H groups in total. The Labute approximate surface area is 214 Å². The van der Waals surface area contributed by atoms with Crippen LogP contribution in [0.4, 0.5) is 0 Å². The van der Waals surface area contributed by atoms with Gasteiger partial charge >= 0.3 is 0 Å². The number of rotatable bonds is 2. The molecule has 36 heavy (non-hydrogen) atoms. The first kappa shape index (κ1) is 22.6. The van der Waals surface area contributed by atoms with Crippen molar-refractivity contribution in [3.63, 3.8) is 0 Å². The minimum Gasteiger partial charge on any atom is -0.0616 e. The van der Waals surface area contributed by atoms with E-state index in [1.807, 2.05) is 0 Å². The lowest BCUT2D eigenvalue weighted by Crippen LogP contribution is -1.93. The van der Waals surface area contributed by atoms with Crippen molar-refractivity contribution in [3.8, 4) is 22.3 Å². The van der Waals surface area contributed by atoms with Crippen molar-refractivity contribution >= 4 is 32.3 Å². The number of benzene rings is 6. The van der Waals surface area contributed by atoms with Crippen molar-refractivity contribution in [2.24, 2.45) is 0 Å². The molecule has 6 aromatic rings. The quantitative estimate of drug-likeness (QED) is 0.224. The molecule has 6 aromatic carbocycles. The SMILES string of the molecule is Cc1cc(-c2cc3cc(-c4cc(C)c(C)c(C)c4)c4ccccc4c3c3ccccc23)cc(C)c1C. The maximum Gasteiger partial charge on any atom is -0.00259 e. The van der Waals surface area contributed by atoms with Crippen molar-refractivity contribution in [3.05, 3.63) is 118 Å². The highest BCUT2D eigenvalue weighted by Crippen LogP contribution is 2.42. The van der Waals surface area contributed by atoms with Crippen molar-refractivity contribution in [2.45, 2.75) is 41.5 Å². The molecule has 0 unspecified atom stereocenters. The lowest BCUT2D eigenvalue weighted by molar-refractivity contribution is 1.27. The number of aryl methyl sites for hydroxylation is 4. The summed E-state index contributed by atoms with van der Waals surface area (Å²) in [5, 5.41) is 7.90. The van der Waals surface area contributed by atoms with Gasteiger partial charge in [0.2, 0.25) is 0 Å². The Bertz CT molecular complexity index is 1650. The second-order valence-corrected chi connectivity index (χ2v) is 10.5. The highest BCUT2D eigenvalue weighted by Gasteiger charge is 2.16. The molecule has 0 saturated heterocycles. The van der Waals surface area contributed by atoms with E-state index in [9.17, 15) is 0 Å². The van der Waals surface area contributed by atoms with Crippen molar-refractivity contribution in [1.29, 1.82) is 0 Å². The molecule has 0 fully saturated rings. The molecule has 0 bridgehead atoms. The smallest absolute Gasteiger partial charge is 0.00259 e. The highest BCUT2D eigenvalue weighted by atomic mass is 14.2. The van der Waals surface area contributed by atoms with Gasteiger partial charge in [-0.25, -0.2) is 0 Å². The van der Waals surface area contributed by atoms with Gasteiger partial charge in [0.1, 0.15) is 0 Å². The Morgan fingerprint density at radius 1 is 0.389 bits per heavy atom. The van der Waals surface area contributed by atoms with Gasteiger partial charge in [0, 0.05) is 0 Å². The molecule has 0 aliphatic rings. The molecule has 0 atom stereocenters. The van der Waals surface area contributed by atoms with E-state index in [1.165, 1.54) is 88.0 Å². The van der Waals surface area contributed by atoms with E-state index < -0.39 is 0 Å². The van der Waals surface area contributed by atoms with E-state index in [0.717, 1.165) is 0 Å². The normalized spacial score (nSPS) is 11.6. The lowest BCUT2D eigenvalue weighted by Gasteiger charge is -2.18. The maximum atomic E-state index is 2.42. The van der Waals surface area contributed by atoms with Crippen molar-refractivity contribution < 1.29 is 0 Å². The van der Waals surface area contributed by atoms with Crippen LogP contribution in [0, 0.1) is 41.5 Å². The van der Waals surface area contributed by atoms with E-state index in [2.05, 4.69) is 126 Å². The van der Waals surface area contributed by atoms with Gasteiger partial charge in [0.15, 0.2) is 0 Å². The fourth-order valence-electron chi connectivity index (χ4n) is 5.84. The van der Waals surface area contributed by atoms with Gasteiger partial charge in [-0.3, -0.25) is 0 Å². The zero-order chi connectivity index (χ0) is 25.1. The second kappa shape index (κ2) is 8.35. The third kappa shape index (κ3) is 3.44. The van der Waals surface area contributed by atoms with Crippen LogP contribution in [0.2, 0.25) is 0 Å². The van der Waals surface area contributed by atoms with Crippen LogP contribution in [0.5, 0.6) is 0 Å². The maximum absolute atomic E-state index is 2.42. The molecule has 0 aliphatic heterocycles. The van der Waals surface area contributed by atoms with E-state index in [-0.39, 0.29) is 0 Å². The molecule has 176 valence electrons. The zero-order valence-corrected chi connectivity index (χ0v) is 22.1. The number of hydrogen-bond donors (Lipinski definition) is 0. The van der Waals surface area contributed by atoms with E-state index in [0.29, 0.717) is 0 Å². The topological polar surface area (TPSA) is 0 Å². The largest absolute Gasteiger partial charge is 0.0616 e. The van der Waals surface area contributed by atoms with Gasteiger partial charge in [0.25, 0.3) is 0 Å². The Balaban J connectivity index is 1.77. The lowest BCUT2D eigenvalue weighted by atomic mass is 9.86. The first-order chi connectivity index (χ1) is 17.3. The monoisotopic (exact) mass is 464 g/mol. The molecular formula is C36H32. The molecule has 0 nitrogen and oxygen atoms in total. The average molecular weight is 465 g/mol. The molecule has 0 heteroatoms. The number of hydrogen-bond acceptors (Lipinski definition) is 0. The fourth-order valence-corrected chi connectivity index (χ4v) is 5.84. The summed E-state index contributed by atoms with van der Waals surface area (Å²) in [7, 11) is 0. The summed E-state index contributed by atoms with van der Waals surface area (Å²) < 4.78 is 0. The van der Waals surface area contributed by atoms with Gasteiger partial charge in [-0.2, -0.15) is 0 Å². The summed E-state index contributed by atoms with van der Waals surface area (Å²) in [5.74, 6) is 0. The van der Waals surface area contributed by atoms with Gasteiger partial charge in [0.05, 0.1) is 0 Å². The van der Waals surface area contributed by atoms with Gasteiger partial charge in [-0.1, -0.05) is 72.8 Å².